The van der Waals surface area contributed by atoms with Gasteiger partial charge in [-0.05, 0) is 74.4 Å². The first-order valence-corrected chi connectivity index (χ1v) is 12.5. The van der Waals surface area contributed by atoms with Gasteiger partial charge in [0.25, 0.3) is 5.91 Å². The lowest BCUT2D eigenvalue weighted by molar-refractivity contribution is 0.0728. The molecule has 0 saturated carbocycles. The number of amides is 1. The van der Waals surface area contributed by atoms with E-state index in [4.69, 9.17) is 13.9 Å². The highest BCUT2D eigenvalue weighted by molar-refractivity contribution is 5.99. The number of nitrogens with zero attached hydrogens (tertiary/aromatic N) is 1. The van der Waals surface area contributed by atoms with Crippen molar-refractivity contribution < 1.29 is 18.7 Å². The van der Waals surface area contributed by atoms with Gasteiger partial charge in [0.15, 0.2) is 16.9 Å². The maximum absolute atomic E-state index is 13.8. The third-order valence-corrected chi connectivity index (χ3v) is 6.41. The average molecular weight is 478 g/mol. The van der Waals surface area contributed by atoms with Crippen molar-refractivity contribution in [2.45, 2.75) is 60.4 Å². The fraction of sp³-hybridized carbons (Fsp3) is 0.448. The van der Waals surface area contributed by atoms with Crippen molar-refractivity contribution in [3.63, 3.8) is 0 Å². The number of rotatable bonds is 9. The van der Waals surface area contributed by atoms with Crippen LogP contribution in [0.2, 0.25) is 0 Å². The summed E-state index contributed by atoms with van der Waals surface area (Å²) in [5, 5.41) is 0.532. The minimum Gasteiger partial charge on any atom is -0.490 e. The van der Waals surface area contributed by atoms with Crippen LogP contribution >= 0.6 is 0 Å². The summed E-state index contributed by atoms with van der Waals surface area (Å²) in [5.41, 5.74) is 3.35. The molecule has 0 fully saturated rings. The zero-order valence-electron chi connectivity index (χ0n) is 21.6. The normalized spacial score (nSPS) is 15.2. The van der Waals surface area contributed by atoms with Crippen LogP contribution in [-0.2, 0) is 0 Å². The molecule has 3 aromatic rings. The van der Waals surface area contributed by atoms with Crippen LogP contribution in [0.25, 0.3) is 11.0 Å². The van der Waals surface area contributed by atoms with Gasteiger partial charge in [0.1, 0.15) is 5.58 Å². The first kappa shape index (κ1) is 24.8. The van der Waals surface area contributed by atoms with Crippen LogP contribution in [-0.4, -0.2) is 30.6 Å². The van der Waals surface area contributed by atoms with Crippen LogP contribution < -0.4 is 14.9 Å². The Morgan fingerprint density at radius 2 is 1.80 bits per heavy atom. The summed E-state index contributed by atoms with van der Waals surface area (Å²) in [5.74, 6) is 1.71. The zero-order valence-corrected chi connectivity index (χ0v) is 21.6. The maximum atomic E-state index is 13.8. The van der Waals surface area contributed by atoms with Crippen LogP contribution in [0.4, 0.5) is 0 Å². The molecule has 1 amide bonds. The molecule has 0 N–H and O–H groups in total. The lowest BCUT2D eigenvalue weighted by atomic mass is 9.96. The van der Waals surface area contributed by atoms with Crippen molar-refractivity contribution in [3.05, 3.63) is 68.6 Å². The minimum absolute atomic E-state index is 0.140. The second-order valence-electron chi connectivity index (χ2n) is 9.70. The van der Waals surface area contributed by atoms with E-state index in [1.807, 2.05) is 58.0 Å². The molecule has 35 heavy (non-hydrogen) atoms. The van der Waals surface area contributed by atoms with Crippen LogP contribution in [0.1, 0.15) is 79.4 Å². The third kappa shape index (κ3) is 4.66. The molecular formula is C29H35NO5. The molecule has 0 bridgehead atoms. The van der Waals surface area contributed by atoms with E-state index in [0.717, 1.165) is 29.5 Å². The van der Waals surface area contributed by atoms with Crippen molar-refractivity contribution in [2.75, 3.05) is 19.8 Å². The summed E-state index contributed by atoms with van der Waals surface area (Å²) >= 11 is 0. The van der Waals surface area contributed by atoms with E-state index >= 15 is 0 Å². The summed E-state index contributed by atoms with van der Waals surface area (Å²) in [6.07, 6.45) is 1.70. The SMILES string of the molecule is CCCN1C(=O)c2oc3cc(C)cc(C)c3c(=O)c2C1c1ccc(OCCC(C)C)c(OCC)c1. The predicted octanol–water partition coefficient (Wildman–Crippen LogP) is 6.19. The maximum Gasteiger partial charge on any atom is 0.290 e. The first-order valence-electron chi connectivity index (χ1n) is 12.5. The number of carbonyl (C=O) groups is 1. The Labute approximate surface area is 206 Å². The lowest BCUT2D eigenvalue weighted by Crippen LogP contribution is -2.30. The fourth-order valence-corrected chi connectivity index (χ4v) is 4.82. The Balaban J connectivity index is 1.86. The molecule has 1 aliphatic rings. The number of hydrogen-bond acceptors (Lipinski definition) is 5. The number of aryl methyl sites for hydroxylation is 2. The van der Waals surface area contributed by atoms with Gasteiger partial charge in [0.05, 0.1) is 30.2 Å². The topological polar surface area (TPSA) is 69.0 Å². The van der Waals surface area contributed by atoms with E-state index < -0.39 is 6.04 Å². The summed E-state index contributed by atoms with van der Waals surface area (Å²) in [6, 6.07) is 8.96. The second-order valence-corrected chi connectivity index (χ2v) is 9.70. The summed E-state index contributed by atoms with van der Waals surface area (Å²) < 4.78 is 18.0. The van der Waals surface area contributed by atoms with Crippen LogP contribution in [0.5, 0.6) is 11.5 Å². The van der Waals surface area contributed by atoms with E-state index in [1.54, 1.807) is 4.90 Å². The first-order chi connectivity index (χ1) is 16.8. The van der Waals surface area contributed by atoms with Gasteiger partial charge in [0.2, 0.25) is 5.76 Å². The van der Waals surface area contributed by atoms with E-state index in [1.165, 1.54) is 0 Å². The van der Waals surface area contributed by atoms with Crippen LogP contribution in [0.15, 0.2) is 39.5 Å². The number of carbonyl (C=O) groups excluding carboxylic acids is 1. The van der Waals surface area contributed by atoms with Crippen LogP contribution in [0, 0.1) is 19.8 Å². The van der Waals surface area contributed by atoms with Gasteiger partial charge in [-0.2, -0.15) is 0 Å². The number of fused-ring (bicyclic) bond motifs is 2. The van der Waals surface area contributed by atoms with E-state index in [9.17, 15) is 9.59 Å². The van der Waals surface area contributed by atoms with Gasteiger partial charge in [-0.25, -0.2) is 0 Å². The molecule has 1 aromatic heterocycles. The van der Waals surface area contributed by atoms with E-state index in [0.29, 0.717) is 53.7 Å². The molecule has 4 rings (SSSR count). The van der Waals surface area contributed by atoms with Crippen LogP contribution in [0.3, 0.4) is 0 Å². The number of ether oxygens (including phenoxy) is 2. The molecule has 186 valence electrons. The predicted molar refractivity (Wildman–Crippen MR) is 138 cm³/mol. The Hall–Kier alpha value is -3.28. The quantitative estimate of drug-likeness (QED) is 0.368. The van der Waals surface area contributed by atoms with Gasteiger partial charge >= 0.3 is 0 Å². The average Bonchev–Trinajstić information content (AvgIpc) is 3.06. The van der Waals surface area contributed by atoms with E-state index in [2.05, 4.69) is 13.8 Å². The molecule has 2 aromatic carbocycles. The number of hydrogen-bond donors (Lipinski definition) is 0. The van der Waals surface area contributed by atoms with E-state index in [-0.39, 0.29) is 17.1 Å². The Bertz CT molecular complexity index is 1310. The van der Waals surface area contributed by atoms with Crippen molar-refractivity contribution in [1.29, 1.82) is 0 Å². The fourth-order valence-electron chi connectivity index (χ4n) is 4.82. The molecule has 2 heterocycles. The van der Waals surface area contributed by atoms with Gasteiger partial charge in [0, 0.05) is 6.54 Å². The standard InChI is InChI=1S/C29H35NO5/c1-7-12-30-26(20-9-10-21(22(16-20)33-8-2)34-13-11-17(3)4)25-27(31)24-19(6)14-18(5)15-23(24)35-28(25)29(30)32/h9-10,14-17,26H,7-8,11-13H2,1-6H3. The highest BCUT2D eigenvalue weighted by Gasteiger charge is 2.42. The summed E-state index contributed by atoms with van der Waals surface area (Å²) in [7, 11) is 0. The minimum atomic E-state index is -0.539. The monoisotopic (exact) mass is 477 g/mol. The highest BCUT2D eigenvalue weighted by atomic mass is 16.5. The summed E-state index contributed by atoms with van der Waals surface area (Å²) in [4.78, 5) is 29.0. The molecular weight excluding hydrogens is 442 g/mol. The van der Waals surface area contributed by atoms with Crippen molar-refractivity contribution in [3.8, 4) is 11.5 Å². The molecule has 1 aliphatic heterocycles. The smallest absolute Gasteiger partial charge is 0.290 e. The van der Waals surface area contributed by atoms with Gasteiger partial charge in [-0.3, -0.25) is 9.59 Å². The van der Waals surface area contributed by atoms with Gasteiger partial charge < -0.3 is 18.8 Å². The Morgan fingerprint density at radius 3 is 2.49 bits per heavy atom. The Kier molecular flexibility index (Phi) is 7.20. The van der Waals surface area contributed by atoms with Crippen molar-refractivity contribution in [1.82, 2.24) is 4.90 Å². The molecule has 1 unspecified atom stereocenters. The highest BCUT2D eigenvalue weighted by Crippen LogP contribution is 2.41. The molecule has 0 saturated heterocycles. The molecule has 1 atom stereocenters. The largest absolute Gasteiger partial charge is 0.490 e. The molecule has 6 heteroatoms. The molecule has 6 nitrogen and oxygen atoms in total. The number of benzene rings is 2. The Morgan fingerprint density at radius 1 is 1.03 bits per heavy atom. The van der Waals surface area contributed by atoms with Gasteiger partial charge in [-0.15, -0.1) is 0 Å². The third-order valence-electron chi connectivity index (χ3n) is 6.41. The van der Waals surface area contributed by atoms with Crippen molar-refractivity contribution >= 4 is 16.9 Å². The van der Waals surface area contributed by atoms with Crippen molar-refractivity contribution in [2.24, 2.45) is 5.92 Å². The zero-order chi connectivity index (χ0) is 25.3. The molecule has 0 radical (unpaired) electrons. The summed E-state index contributed by atoms with van der Waals surface area (Å²) in [6.45, 7) is 13.7. The second kappa shape index (κ2) is 10.1. The lowest BCUT2D eigenvalue weighted by Gasteiger charge is -2.25. The molecule has 0 aliphatic carbocycles. The molecule has 0 spiro atoms. The van der Waals surface area contributed by atoms with Gasteiger partial charge in [-0.1, -0.05) is 32.9 Å².